The van der Waals surface area contributed by atoms with E-state index in [1.54, 1.807) is 24.8 Å². The summed E-state index contributed by atoms with van der Waals surface area (Å²) in [6, 6.07) is 0. The van der Waals surface area contributed by atoms with Gasteiger partial charge in [0.15, 0.2) is 0 Å². The third kappa shape index (κ3) is 13.3. The molecule has 0 amide bonds. The Morgan fingerprint density at radius 2 is 1.07 bits per heavy atom. The van der Waals surface area contributed by atoms with E-state index in [0.717, 1.165) is 0 Å². The van der Waals surface area contributed by atoms with Crippen LogP contribution in [0.2, 0.25) is 0 Å². The van der Waals surface area contributed by atoms with E-state index in [4.69, 9.17) is 19.6 Å². The standard InChI is InChI=1S/C4H4N2.H4O7P2/c1-2-6-4-3-5-1;1-8(2,3)7-9(4,5)6/h1-4H;(H2,1,2,3)(H2,4,5,6). The van der Waals surface area contributed by atoms with Crippen molar-refractivity contribution in [1.82, 2.24) is 9.97 Å². The van der Waals surface area contributed by atoms with Gasteiger partial charge >= 0.3 is 15.6 Å². The molecule has 4 N–H and O–H groups in total. The molecule has 0 aromatic carbocycles. The van der Waals surface area contributed by atoms with E-state index >= 15 is 0 Å². The molecule has 0 unspecified atom stereocenters. The van der Waals surface area contributed by atoms with Gasteiger partial charge in [0.05, 0.1) is 0 Å². The van der Waals surface area contributed by atoms with Crippen molar-refractivity contribution in [2.24, 2.45) is 0 Å². The molecule has 0 aliphatic carbocycles. The third-order valence-electron chi connectivity index (χ3n) is 0.690. The monoisotopic (exact) mass is 258 g/mol. The van der Waals surface area contributed by atoms with Crippen LogP contribution in [-0.2, 0) is 13.4 Å². The lowest BCUT2D eigenvalue weighted by molar-refractivity contribution is 0.225. The maximum Gasteiger partial charge on any atom is 0.478 e. The second kappa shape index (κ2) is 6.04. The summed E-state index contributed by atoms with van der Waals surface area (Å²) in [7, 11) is -10.1. The zero-order valence-corrected chi connectivity index (χ0v) is 8.90. The molecule has 1 aromatic rings. The second-order valence-electron chi connectivity index (χ2n) is 1.96. The van der Waals surface area contributed by atoms with Crippen molar-refractivity contribution < 1.29 is 33.0 Å². The van der Waals surface area contributed by atoms with Crippen LogP contribution in [0.4, 0.5) is 0 Å². The van der Waals surface area contributed by atoms with Crippen LogP contribution in [0.5, 0.6) is 0 Å². The maximum absolute atomic E-state index is 9.63. The van der Waals surface area contributed by atoms with Gasteiger partial charge in [-0.2, -0.15) is 4.31 Å². The molecule has 9 nitrogen and oxygen atoms in total. The van der Waals surface area contributed by atoms with Gasteiger partial charge in [0.25, 0.3) is 0 Å². The molecule has 15 heavy (non-hydrogen) atoms. The van der Waals surface area contributed by atoms with Crippen molar-refractivity contribution in [2.75, 3.05) is 0 Å². The van der Waals surface area contributed by atoms with Crippen LogP contribution < -0.4 is 0 Å². The van der Waals surface area contributed by atoms with E-state index in [0.29, 0.717) is 0 Å². The molecule has 0 aliphatic rings. The van der Waals surface area contributed by atoms with E-state index in [2.05, 4.69) is 14.3 Å². The molecule has 1 aromatic heterocycles. The van der Waals surface area contributed by atoms with Gasteiger partial charge in [0.2, 0.25) is 0 Å². The highest BCUT2D eigenvalue weighted by Crippen LogP contribution is 2.53. The predicted molar refractivity (Wildman–Crippen MR) is 47.2 cm³/mol. The molecule has 0 aliphatic heterocycles. The van der Waals surface area contributed by atoms with Crippen LogP contribution in [0.15, 0.2) is 24.8 Å². The summed E-state index contributed by atoms with van der Waals surface area (Å²) in [6.45, 7) is 0. The molecule has 0 atom stereocenters. The molecule has 0 bridgehead atoms. The van der Waals surface area contributed by atoms with E-state index in [-0.39, 0.29) is 0 Å². The fourth-order valence-corrected chi connectivity index (χ4v) is 1.50. The molecular formula is C4H8N2O7P2. The molecule has 0 saturated heterocycles. The number of nitrogens with zero attached hydrogens (tertiary/aromatic N) is 2. The average Bonchev–Trinajstić information content (AvgIpc) is 2.01. The number of rotatable bonds is 2. The molecule has 86 valence electrons. The van der Waals surface area contributed by atoms with Crippen LogP contribution in [0.25, 0.3) is 0 Å². The van der Waals surface area contributed by atoms with Gasteiger partial charge in [-0.25, -0.2) is 9.13 Å². The Balaban J connectivity index is 0.000000280. The molecule has 0 fully saturated rings. The molecule has 0 saturated carbocycles. The summed E-state index contributed by atoms with van der Waals surface area (Å²) < 4.78 is 22.2. The SMILES string of the molecule is O=P(O)(O)OP(=O)(O)O.c1cnccn1. The van der Waals surface area contributed by atoms with Crippen LogP contribution in [-0.4, -0.2) is 29.5 Å². The Kier molecular flexibility index (Phi) is 5.77. The first-order valence-corrected chi connectivity index (χ1v) is 6.29. The van der Waals surface area contributed by atoms with Crippen LogP contribution >= 0.6 is 15.6 Å². The van der Waals surface area contributed by atoms with E-state index in [1.807, 2.05) is 0 Å². The zero-order valence-electron chi connectivity index (χ0n) is 7.11. The lowest BCUT2D eigenvalue weighted by Gasteiger charge is -2.03. The van der Waals surface area contributed by atoms with Crippen molar-refractivity contribution in [2.45, 2.75) is 0 Å². The first-order chi connectivity index (χ1) is 6.71. The Bertz CT molecular complexity index is 312. The van der Waals surface area contributed by atoms with Crippen LogP contribution in [0.1, 0.15) is 0 Å². The number of aromatic nitrogens is 2. The van der Waals surface area contributed by atoms with Gasteiger partial charge in [0.1, 0.15) is 0 Å². The smallest absolute Gasteiger partial charge is 0.302 e. The highest BCUT2D eigenvalue weighted by atomic mass is 31.3. The summed E-state index contributed by atoms with van der Waals surface area (Å²) in [6.07, 6.45) is 6.56. The minimum atomic E-state index is -5.05. The first kappa shape index (κ1) is 14.3. The molecule has 0 radical (unpaired) electrons. The number of hydrogen-bond acceptors (Lipinski definition) is 5. The van der Waals surface area contributed by atoms with Gasteiger partial charge in [0, 0.05) is 24.8 Å². The minimum Gasteiger partial charge on any atom is -0.302 e. The van der Waals surface area contributed by atoms with Crippen molar-refractivity contribution in [3.05, 3.63) is 24.8 Å². The Morgan fingerprint density at radius 1 is 0.800 bits per heavy atom. The molecule has 11 heteroatoms. The topological polar surface area (TPSA) is 150 Å². The molecule has 1 heterocycles. The molecular weight excluding hydrogens is 250 g/mol. The largest absolute Gasteiger partial charge is 0.478 e. The van der Waals surface area contributed by atoms with Crippen LogP contribution in [0.3, 0.4) is 0 Å². The highest BCUT2D eigenvalue weighted by molar-refractivity contribution is 7.60. The summed E-state index contributed by atoms with van der Waals surface area (Å²) >= 11 is 0. The Morgan fingerprint density at radius 3 is 1.13 bits per heavy atom. The van der Waals surface area contributed by atoms with E-state index < -0.39 is 15.6 Å². The van der Waals surface area contributed by atoms with E-state index in [9.17, 15) is 9.13 Å². The fraction of sp³-hybridized carbons (Fsp3) is 0. The number of hydrogen-bond donors (Lipinski definition) is 4. The molecule has 1 rings (SSSR count). The Hall–Kier alpha value is -0.660. The predicted octanol–water partition coefficient (Wildman–Crippen LogP) is -0.335. The van der Waals surface area contributed by atoms with Gasteiger partial charge in [-0.3, -0.25) is 9.97 Å². The van der Waals surface area contributed by atoms with Crippen molar-refractivity contribution in [1.29, 1.82) is 0 Å². The summed E-state index contributed by atoms with van der Waals surface area (Å²) in [5, 5.41) is 0. The van der Waals surface area contributed by atoms with Crippen molar-refractivity contribution >= 4 is 15.6 Å². The summed E-state index contributed by atoms with van der Waals surface area (Å²) in [4.78, 5) is 38.4. The van der Waals surface area contributed by atoms with Crippen molar-refractivity contribution in [3.63, 3.8) is 0 Å². The number of phosphoric acid groups is 2. The third-order valence-corrected chi connectivity index (χ3v) is 2.39. The first-order valence-electron chi connectivity index (χ1n) is 3.23. The minimum absolute atomic E-state index is 1.64. The summed E-state index contributed by atoms with van der Waals surface area (Å²) in [5.41, 5.74) is 0. The summed E-state index contributed by atoms with van der Waals surface area (Å²) in [5.74, 6) is 0. The second-order valence-corrected chi connectivity index (χ2v) is 4.57. The van der Waals surface area contributed by atoms with Gasteiger partial charge < -0.3 is 19.6 Å². The van der Waals surface area contributed by atoms with Crippen LogP contribution in [0, 0.1) is 0 Å². The zero-order chi connectivity index (χ0) is 11.9. The molecule has 0 spiro atoms. The Labute approximate surface area is 84.3 Å². The van der Waals surface area contributed by atoms with Gasteiger partial charge in [-0.15, -0.1) is 0 Å². The quantitative estimate of drug-likeness (QED) is 0.522. The lowest BCUT2D eigenvalue weighted by Crippen LogP contribution is -1.84. The van der Waals surface area contributed by atoms with Gasteiger partial charge in [-0.05, 0) is 0 Å². The highest BCUT2D eigenvalue weighted by Gasteiger charge is 2.27. The van der Waals surface area contributed by atoms with Crippen molar-refractivity contribution in [3.8, 4) is 0 Å². The average molecular weight is 258 g/mol. The fourth-order valence-electron chi connectivity index (χ4n) is 0.392. The van der Waals surface area contributed by atoms with E-state index in [1.165, 1.54) is 0 Å². The normalized spacial score (nSPS) is 11.5. The van der Waals surface area contributed by atoms with Gasteiger partial charge in [-0.1, -0.05) is 0 Å². The maximum atomic E-state index is 9.63. The lowest BCUT2D eigenvalue weighted by atomic mass is 10.8.